The van der Waals surface area contributed by atoms with Gasteiger partial charge in [-0.05, 0) is 29.9 Å². The smallest absolute Gasteiger partial charge is 0.306 e. The molecule has 2 fully saturated rings. The predicted molar refractivity (Wildman–Crippen MR) is 131 cm³/mol. The molecule has 1 unspecified atom stereocenters. The summed E-state index contributed by atoms with van der Waals surface area (Å²) in [6.07, 6.45) is 7.00. The number of aromatic nitrogens is 1. The average molecular weight is 523 g/mol. The lowest BCUT2D eigenvalue weighted by Gasteiger charge is -2.43. The van der Waals surface area contributed by atoms with Crippen LogP contribution in [-0.2, 0) is 31.0 Å². The quantitative estimate of drug-likeness (QED) is 0.212. The number of carboxylic acids is 1. The van der Waals surface area contributed by atoms with Gasteiger partial charge in [-0.2, -0.15) is 0 Å². The van der Waals surface area contributed by atoms with E-state index >= 15 is 0 Å². The number of hydrogen-bond acceptors (Lipinski definition) is 7. The molecular formula is C23H34N6O6S. The van der Waals surface area contributed by atoms with Crippen molar-refractivity contribution in [2.24, 2.45) is 17.6 Å². The van der Waals surface area contributed by atoms with E-state index in [2.05, 4.69) is 15.0 Å². The first kappa shape index (κ1) is 27.5. The molecule has 12 nitrogen and oxygen atoms in total. The van der Waals surface area contributed by atoms with Crippen molar-refractivity contribution in [2.75, 3.05) is 19.3 Å². The molecule has 1 saturated carbocycles. The van der Waals surface area contributed by atoms with Crippen LogP contribution in [0.25, 0.3) is 0 Å². The maximum Gasteiger partial charge on any atom is 0.306 e. The van der Waals surface area contributed by atoms with Crippen LogP contribution in [0.2, 0.25) is 0 Å². The van der Waals surface area contributed by atoms with Crippen molar-refractivity contribution in [1.29, 1.82) is 5.41 Å². The Hall–Kier alpha value is -3.06. The first-order chi connectivity index (χ1) is 16.9. The topological polar surface area (TPSA) is 196 Å². The van der Waals surface area contributed by atoms with Crippen LogP contribution >= 0.6 is 0 Å². The number of nitrogens with two attached hydrogens (primary N) is 1. The molecule has 0 radical (unpaired) electrons. The van der Waals surface area contributed by atoms with E-state index in [1.165, 1.54) is 11.1 Å². The molecule has 2 atom stereocenters. The number of amides is 2. The second-order valence-corrected chi connectivity index (χ2v) is 11.4. The third-order valence-electron chi connectivity index (χ3n) is 7.13. The third kappa shape index (κ3) is 6.38. The first-order valence-electron chi connectivity index (χ1n) is 12.0. The van der Waals surface area contributed by atoms with Crippen LogP contribution in [0.4, 0.5) is 0 Å². The summed E-state index contributed by atoms with van der Waals surface area (Å²) in [4.78, 5) is 44.4. The van der Waals surface area contributed by atoms with E-state index in [4.69, 9.17) is 11.1 Å². The van der Waals surface area contributed by atoms with E-state index < -0.39 is 46.3 Å². The SMILES string of the molecule is CS(=O)(=O)NCC(=O)N1CCC(C2CCCCC2)[C@@]1(CC(=O)O)C(=O)NCc1ccc(C(=N)N)nc1. The van der Waals surface area contributed by atoms with Crippen molar-refractivity contribution in [1.82, 2.24) is 19.9 Å². The number of carbonyl (C=O) groups is 3. The van der Waals surface area contributed by atoms with Crippen LogP contribution in [0, 0.1) is 17.2 Å². The number of carboxylic acid groups (broad SMARTS) is 1. The predicted octanol–water partition coefficient (Wildman–Crippen LogP) is 0.173. The lowest BCUT2D eigenvalue weighted by molar-refractivity contribution is -0.155. The zero-order valence-corrected chi connectivity index (χ0v) is 21.1. The highest BCUT2D eigenvalue weighted by molar-refractivity contribution is 7.88. The molecule has 0 aromatic carbocycles. The summed E-state index contributed by atoms with van der Waals surface area (Å²) in [6.45, 7) is -0.352. The molecule has 0 spiro atoms. The minimum absolute atomic E-state index is 0.0341. The number of rotatable bonds is 10. The van der Waals surface area contributed by atoms with Crippen LogP contribution in [0.3, 0.4) is 0 Å². The zero-order valence-electron chi connectivity index (χ0n) is 20.3. The summed E-state index contributed by atoms with van der Waals surface area (Å²) in [5, 5.41) is 20.1. The molecule has 1 aromatic rings. The highest BCUT2D eigenvalue weighted by atomic mass is 32.2. The van der Waals surface area contributed by atoms with Crippen LogP contribution in [-0.4, -0.2) is 71.9 Å². The summed E-state index contributed by atoms with van der Waals surface area (Å²) < 4.78 is 25.3. The summed E-state index contributed by atoms with van der Waals surface area (Å²) >= 11 is 0. The van der Waals surface area contributed by atoms with Gasteiger partial charge < -0.3 is 21.1 Å². The Morgan fingerprint density at radius 1 is 1.22 bits per heavy atom. The van der Waals surface area contributed by atoms with Crippen molar-refractivity contribution in [3.05, 3.63) is 29.6 Å². The number of carbonyl (C=O) groups excluding carboxylic acids is 2. The molecule has 6 N–H and O–H groups in total. The first-order valence-corrected chi connectivity index (χ1v) is 13.9. The summed E-state index contributed by atoms with van der Waals surface area (Å²) in [5.41, 5.74) is 4.69. The molecule has 1 aromatic heterocycles. The fourth-order valence-corrected chi connectivity index (χ4v) is 5.94. The van der Waals surface area contributed by atoms with Gasteiger partial charge in [-0.3, -0.25) is 24.8 Å². The molecular weight excluding hydrogens is 488 g/mol. The number of likely N-dealkylation sites (tertiary alicyclic amines) is 1. The Morgan fingerprint density at radius 2 is 1.92 bits per heavy atom. The van der Waals surface area contributed by atoms with Gasteiger partial charge in [0.15, 0.2) is 0 Å². The lowest BCUT2D eigenvalue weighted by Crippen LogP contribution is -2.63. The molecule has 2 aliphatic rings. The standard InChI is InChI=1S/C23H34N6O6S/c1-36(34,35)28-14-19(30)29-10-9-17(16-5-3-2-4-6-16)23(29,11-20(31)32)22(33)27-13-15-7-8-18(21(24)25)26-12-15/h7-8,12,16-17,28H,2-6,9-11,13-14H2,1H3,(H3,24,25)(H,27,33)(H,31,32)/t17?,23-/m0/s1. The minimum atomic E-state index is -3.66. The van der Waals surface area contributed by atoms with Crippen molar-refractivity contribution < 1.29 is 27.9 Å². The molecule has 13 heteroatoms. The monoisotopic (exact) mass is 522 g/mol. The Kier molecular flexibility index (Phi) is 8.67. The van der Waals surface area contributed by atoms with Crippen LogP contribution < -0.4 is 15.8 Å². The molecule has 3 rings (SSSR count). The molecule has 1 aliphatic carbocycles. The highest BCUT2D eigenvalue weighted by Crippen LogP contribution is 2.47. The van der Waals surface area contributed by atoms with Gasteiger partial charge in [0.2, 0.25) is 21.8 Å². The van der Waals surface area contributed by atoms with Gasteiger partial charge in [0.1, 0.15) is 17.1 Å². The highest BCUT2D eigenvalue weighted by Gasteiger charge is 2.59. The number of sulfonamides is 1. The van der Waals surface area contributed by atoms with Gasteiger partial charge >= 0.3 is 5.97 Å². The second-order valence-electron chi connectivity index (χ2n) is 9.57. The Morgan fingerprint density at radius 3 is 2.47 bits per heavy atom. The molecule has 1 saturated heterocycles. The van der Waals surface area contributed by atoms with Crippen LogP contribution in [0.5, 0.6) is 0 Å². The van der Waals surface area contributed by atoms with Gasteiger partial charge in [0.05, 0.1) is 19.2 Å². The molecule has 36 heavy (non-hydrogen) atoms. The minimum Gasteiger partial charge on any atom is -0.481 e. The van der Waals surface area contributed by atoms with E-state index in [0.29, 0.717) is 12.0 Å². The average Bonchev–Trinajstić information content (AvgIpc) is 3.20. The number of amidine groups is 1. The zero-order chi connectivity index (χ0) is 26.5. The Labute approximate surface area is 210 Å². The molecule has 2 amide bonds. The van der Waals surface area contributed by atoms with E-state index in [9.17, 15) is 27.9 Å². The van der Waals surface area contributed by atoms with Gasteiger partial charge in [-0.25, -0.2) is 13.1 Å². The van der Waals surface area contributed by atoms with Crippen LogP contribution in [0.15, 0.2) is 18.3 Å². The summed E-state index contributed by atoms with van der Waals surface area (Å²) in [6, 6.07) is 3.20. The van der Waals surface area contributed by atoms with Gasteiger partial charge in [0, 0.05) is 19.3 Å². The van der Waals surface area contributed by atoms with E-state index in [1.54, 1.807) is 12.1 Å². The number of nitrogens with zero attached hydrogens (tertiary/aromatic N) is 2. The maximum atomic E-state index is 13.8. The summed E-state index contributed by atoms with van der Waals surface area (Å²) in [7, 11) is -3.66. The number of hydrogen-bond donors (Lipinski definition) is 5. The van der Waals surface area contributed by atoms with Crippen molar-refractivity contribution in [3.8, 4) is 0 Å². The Bertz CT molecular complexity index is 1100. The fraction of sp³-hybridized carbons (Fsp3) is 0.609. The number of nitrogen functional groups attached to an aromatic ring is 1. The number of aliphatic carboxylic acids is 1. The molecule has 2 heterocycles. The van der Waals surface area contributed by atoms with Gasteiger partial charge in [-0.15, -0.1) is 0 Å². The van der Waals surface area contributed by atoms with Crippen molar-refractivity contribution in [2.45, 2.75) is 57.0 Å². The lowest BCUT2D eigenvalue weighted by atomic mass is 9.68. The number of pyridine rings is 1. The Balaban J connectivity index is 1.92. The fourth-order valence-electron chi connectivity index (χ4n) is 5.56. The summed E-state index contributed by atoms with van der Waals surface area (Å²) in [5.74, 6) is -2.90. The largest absolute Gasteiger partial charge is 0.481 e. The molecule has 198 valence electrons. The third-order valence-corrected chi connectivity index (χ3v) is 7.80. The van der Waals surface area contributed by atoms with Gasteiger partial charge in [-0.1, -0.05) is 38.2 Å². The van der Waals surface area contributed by atoms with E-state index in [0.717, 1.165) is 38.4 Å². The maximum absolute atomic E-state index is 13.8. The normalized spacial score (nSPS) is 22.8. The van der Waals surface area contributed by atoms with Crippen molar-refractivity contribution >= 4 is 33.6 Å². The van der Waals surface area contributed by atoms with E-state index in [-0.39, 0.29) is 36.5 Å². The second kappa shape index (κ2) is 11.3. The number of nitrogens with one attached hydrogen (secondary N) is 3. The molecule has 1 aliphatic heterocycles. The molecule has 0 bridgehead atoms. The van der Waals surface area contributed by atoms with Crippen LogP contribution in [0.1, 0.15) is 56.2 Å². The van der Waals surface area contributed by atoms with Crippen molar-refractivity contribution in [3.63, 3.8) is 0 Å². The van der Waals surface area contributed by atoms with E-state index in [1.807, 2.05) is 0 Å². The van der Waals surface area contributed by atoms with Gasteiger partial charge in [0.25, 0.3) is 0 Å².